The Balaban J connectivity index is 0.000000807. The second-order valence-corrected chi connectivity index (χ2v) is 8.82. The Bertz CT molecular complexity index is 467. The predicted octanol–water partition coefficient (Wildman–Crippen LogP) is -0.465. The molecule has 4 aliphatic carbocycles. The van der Waals surface area contributed by atoms with Crippen LogP contribution in [0.25, 0.3) is 0 Å². The van der Waals surface area contributed by atoms with Crippen molar-refractivity contribution in [3.8, 4) is 0 Å². The largest absolute Gasteiger partial charge is 1.00 e. The molecule has 2 unspecified atom stereocenters. The molecule has 0 nitrogen and oxygen atoms in total. The van der Waals surface area contributed by atoms with E-state index in [-0.39, 0.29) is 44.0 Å². The molecule has 4 rings (SSSR count). The van der Waals surface area contributed by atoms with Gasteiger partial charge in [-0.2, -0.15) is 0 Å². The average molecular weight is 357 g/mol. The first-order chi connectivity index (χ1) is 9.42. The first kappa shape index (κ1) is 17.6. The molecule has 112 valence electrons. The Morgan fingerprint density at radius 1 is 0.667 bits per heavy atom. The van der Waals surface area contributed by atoms with Crippen LogP contribution in [0, 0.1) is 0 Å². The second-order valence-electron chi connectivity index (χ2n) is 6.36. The van der Waals surface area contributed by atoms with Gasteiger partial charge in [0.2, 0.25) is 0 Å². The van der Waals surface area contributed by atoms with Gasteiger partial charge in [-0.05, 0) is 0 Å². The van der Waals surface area contributed by atoms with Crippen LogP contribution in [0.1, 0.15) is 51.4 Å². The number of hydrogen-bond donors (Lipinski definition) is 0. The van der Waals surface area contributed by atoms with Crippen molar-refractivity contribution >= 4 is 0 Å². The maximum atomic E-state index is 2.56. The van der Waals surface area contributed by atoms with E-state index in [9.17, 15) is 0 Å². The molecule has 3 heteroatoms. The summed E-state index contributed by atoms with van der Waals surface area (Å²) < 4.78 is 1.78. The average Bonchev–Trinajstić information content (AvgIpc) is 3.05. The summed E-state index contributed by atoms with van der Waals surface area (Å²) in [6, 6.07) is 0. The van der Waals surface area contributed by atoms with E-state index in [0.29, 0.717) is 0 Å². The van der Waals surface area contributed by atoms with Gasteiger partial charge in [0.05, 0.1) is 0 Å². The van der Waals surface area contributed by atoms with Gasteiger partial charge in [-0.25, -0.2) is 0 Å². The number of allylic oxidation sites excluding steroid dienone is 8. The van der Waals surface area contributed by atoms with Crippen LogP contribution in [0.2, 0.25) is 8.45 Å². The molecule has 0 fully saturated rings. The monoisotopic (exact) mass is 356 g/mol. The molecule has 0 aromatic carbocycles. The van der Waals surface area contributed by atoms with Crippen LogP contribution in [-0.4, -0.2) is 0 Å². The molecule has 21 heavy (non-hydrogen) atoms. The molecule has 0 N–H and O–H groups in total. The maximum absolute atomic E-state index is 2.56. The molecule has 4 aliphatic rings. The van der Waals surface area contributed by atoms with Crippen molar-refractivity contribution in [3.63, 3.8) is 0 Å². The van der Waals surface area contributed by atoms with Crippen LogP contribution < -0.4 is 24.8 Å². The normalized spacial score (nSPS) is 29.5. The summed E-state index contributed by atoms with van der Waals surface area (Å²) in [5.74, 6) is 0. The summed E-state index contributed by atoms with van der Waals surface area (Å²) in [5, 5.41) is 0. The fraction of sp³-hybridized carbons (Fsp3) is 0.556. The minimum atomic E-state index is 0. The van der Waals surface area contributed by atoms with Crippen molar-refractivity contribution in [1.29, 1.82) is 0 Å². The Kier molecular flexibility index (Phi) is 6.44. The van der Waals surface area contributed by atoms with Gasteiger partial charge in [0.1, 0.15) is 0 Å². The zero-order valence-corrected chi connectivity index (χ0v) is 15.5. The summed E-state index contributed by atoms with van der Waals surface area (Å²) in [4.78, 5) is 0. The Labute approximate surface area is 150 Å². The zero-order chi connectivity index (χ0) is 12.7. The Morgan fingerprint density at radius 3 is 1.57 bits per heavy atom. The van der Waals surface area contributed by atoms with Crippen LogP contribution >= 0.6 is 0 Å². The molecule has 0 heterocycles. The number of halogens is 2. The van der Waals surface area contributed by atoms with E-state index < -0.39 is 0 Å². The zero-order valence-electron chi connectivity index (χ0n) is 12.4. The van der Waals surface area contributed by atoms with Gasteiger partial charge < -0.3 is 24.8 Å². The van der Waals surface area contributed by atoms with Crippen molar-refractivity contribution < 1.29 is 44.0 Å². The smallest absolute Gasteiger partial charge is 1.00 e. The van der Waals surface area contributed by atoms with Crippen LogP contribution in [0.5, 0.6) is 0 Å². The first-order valence-electron chi connectivity index (χ1n) is 7.98. The van der Waals surface area contributed by atoms with E-state index >= 15 is 0 Å². The topological polar surface area (TPSA) is 0 Å². The summed E-state index contributed by atoms with van der Waals surface area (Å²) >= 11 is 0.0844. The molecule has 0 radical (unpaired) electrons. The van der Waals surface area contributed by atoms with Gasteiger partial charge in [0.25, 0.3) is 0 Å². The Hall–Kier alpha value is 0.254. The SMILES string of the molecule is C1=C[CH]([Ti+2][CH]2C=CC3=C2CCCC3)C2=C1CCCC2.[Cl-].[Cl-]. The second kappa shape index (κ2) is 7.69. The fourth-order valence-corrected chi connectivity index (χ4v) is 7.07. The molecule has 0 bridgehead atoms. The summed E-state index contributed by atoms with van der Waals surface area (Å²) in [5.41, 5.74) is 7.15. The molecule has 0 saturated heterocycles. The minimum Gasteiger partial charge on any atom is -1.00 e. The van der Waals surface area contributed by atoms with E-state index in [1.54, 1.807) is 11.1 Å². The summed E-state index contributed by atoms with van der Waals surface area (Å²) in [7, 11) is 0. The molecule has 0 aliphatic heterocycles. The van der Waals surface area contributed by atoms with Gasteiger partial charge in [0, 0.05) is 0 Å². The van der Waals surface area contributed by atoms with Crippen molar-refractivity contribution in [3.05, 3.63) is 46.6 Å². The van der Waals surface area contributed by atoms with Gasteiger partial charge >= 0.3 is 126 Å². The number of hydrogen-bond acceptors (Lipinski definition) is 0. The van der Waals surface area contributed by atoms with Crippen molar-refractivity contribution in [1.82, 2.24) is 0 Å². The fourth-order valence-electron chi connectivity index (χ4n) is 4.16. The molecule has 0 saturated carbocycles. The summed E-state index contributed by atoms with van der Waals surface area (Å²) in [6.07, 6.45) is 21.3. The molecule has 0 aromatic heterocycles. The molecule has 0 spiro atoms. The Morgan fingerprint density at radius 2 is 1.10 bits per heavy atom. The molecule has 2 atom stereocenters. The van der Waals surface area contributed by atoms with Gasteiger partial charge in [0.15, 0.2) is 0 Å². The first-order valence-corrected chi connectivity index (χ1v) is 9.78. The van der Waals surface area contributed by atoms with Crippen molar-refractivity contribution in [2.24, 2.45) is 0 Å². The van der Waals surface area contributed by atoms with E-state index in [1.165, 1.54) is 51.4 Å². The minimum absolute atomic E-state index is 0. The van der Waals surface area contributed by atoms with E-state index in [4.69, 9.17) is 0 Å². The van der Waals surface area contributed by atoms with Crippen molar-refractivity contribution in [2.45, 2.75) is 59.8 Å². The molecular formula is C18H22Cl2Ti. The van der Waals surface area contributed by atoms with E-state index in [2.05, 4.69) is 24.3 Å². The number of rotatable bonds is 2. The third-order valence-corrected chi connectivity index (χ3v) is 8.01. The third-order valence-electron chi connectivity index (χ3n) is 5.20. The quantitative estimate of drug-likeness (QED) is 0.587. The molecule has 0 aromatic rings. The third kappa shape index (κ3) is 3.45. The van der Waals surface area contributed by atoms with E-state index in [0.717, 1.165) is 8.45 Å². The predicted molar refractivity (Wildman–Crippen MR) is 76.8 cm³/mol. The molecule has 0 amide bonds. The van der Waals surface area contributed by atoms with Crippen LogP contribution in [0.15, 0.2) is 46.6 Å². The van der Waals surface area contributed by atoms with Crippen LogP contribution in [0.4, 0.5) is 0 Å². The van der Waals surface area contributed by atoms with Crippen LogP contribution in [0.3, 0.4) is 0 Å². The van der Waals surface area contributed by atoms with Gasteiger partial charge in [-0.1, -0.05) is 0 Å². The van der Waals surface area contributed by atoms with Crippen LogP contribution in [-0.2, 0) is 19.2 Å². The molecular weight excluding hydrogens is 335 g/mol. The van der Waals surface area contributed by atoms with Gasteiger partial charge in [-0.3, -0.25) is 0 Å². The van der Waals surface area contributed by atoms with Gasteiger partial charge in [-0.15, -0.1) is 0 Å². The van der Waals surface area contributed by atoms with E-state index in [1.807, 2.05) is 11.1 Å². The van der Waals surface area contributed by atoms with Crippen molar-refractivity contribution in [2.75, 3.05) is 0 Å². The standard InChI is InChI=1S/2C9H11.2ClH.Ti/c2*1-2-5-9-7-3-6-8(9)4-1;;;/h2*3,6-7H,1-2,4-5H2;2*1H;/q;;;;+2/p-2. The summed E-state index contributed by atoms with van der Waals surface area (Å²) in [6.45, 7) is 0. The maximum Gasteiger partial charge on any atom is -1.00 e.